The third kappa shape index (κ3) is 6.59. The first-order valence-electron chi connectivity index (χ1n) is 12.1. The Morgan fingerprint density at radius 3 is 2.67 bits per heavy atom. The van der Waals surface area contributed by atoms with Crippen LogP contribution in [0.3, 0.4) is 0 Å². The molecule has 1 amide bonds. The van der Waals surface area contributed by atoms with Crippen molar-refractivity contribution < 1.29 is 14.3 Å². The number of hydrogen-bond acceptors (Lipinski definition) is 7. The summed E-state index contributed by atoms with van der Waals surface area (Å²) < 4.78 is 13.1. The van der Waals surface area contributed by atoms with Crippen LogP contribution in [-0.2, 0) is 4.79 Å². The Balaban J connectivity index is 1.41. The molecule has 1 fully saturated rings. The topological polar surface area (TPSA) is 90.6 Å². The molecule has 0 bridgehead atoms. The molecule has 3 aromatic rings. The Morgan fingerprint density at radius 2 is 1.94 bits per heavy atom. The van der Waals surface area contributed by atoms with E-state index in [1.807, 2.05) is 43.3 Å². The van der Waals surface area contributed by atoms with Gasteiger partial charge in [0.15, 0.2) is 22.5 Å². The molecule has 2 aromatic carbocycles. The smallest absolute Gasteiger partial charge is 0.250 e. The Labute approximate surface area is 220 Å². The van der Waals surface area contributed by atoms with Crippen LogP contribution in [-0.4, -0.2) is 46.4 Å². The lowest BCUT2D eigenvalue weighted by molar-refractivity contribution is -0.118. The van der Waals surface area contributed by atoms with Crippen LogP contribution < -0.4 is 14.9 Å². The first-order valence-corrected chi connectivity index (χ1v) is 13.4. The number of benzene rings is 2. The maximum atomic E-state index is 12.5. The number of hydrazone groups is 1. The minimum Gasteiger partial charge on any atom is -0.493 e. The number of nitrogens with one attached hydrogen (secondary N) is 1. The van der Waals surface area contributed by atoms with Crippen molar-refractivity contribution in [3.8, 4) is 22.9 Å². The van der Waals surface area contributed by atoms with Gasteiger partial charge in [-0.3, -0.25) is 9.36 Å². The van der Waals surface area contributed by atoms with Crippen LogP contribution >= 0.6 is 23.4 Å². The Bertz CT molecular complexity index is 1190. The zero-order chi connectivity index (χ0) is 25.3. The van der Waals surface area contributed by atoms with Crippen LogP contribution in [0.1, 0.15) is 50.6 Å². The predicted molar refractivity (Wildman–Crippen MR) is 143 cm³/mol. The fourth-order valence-electron chi connectivity index (χ4n) is 4.22. The van der Waals surface area contributed by atoms with Crippen LogP contribution in [0.25, 0.3) is 11.4 Å². The van der Waals surface area contributed by atoms with Crippen LogP contribution in [0, 0.1) is 0 Å². The van der Waals surface area contributed by atoms with Crippen molar-refractivity contribution in [2.45, 2.75) is 50.2 Å². The Morgan fingerprint density at radius 1 is 1.17 bits per heavy atom. The molecule has 10 heteroatoms. The van der Waals surface area contributed by atoms with E-state index in [4.69, 9.17) is 21.1 Å². The highest BCUT2D eigenvalue weighted by molar-refractivity contribution is 7.99. The minimum atomic E-state index is -0.222. The van der Waals surface area contributed by atoms with E-state index in [0.29, 0.717) is 29.2 Å². The summed E-state index contributed by atoms with van der Waals surface area (Å²) in [4.78, 5) is 12.5. The number of ether oxygens (including phenoxy) is 2. The molecular formula is C26H30ClN5O3S. The highest BCUT2D eigenvalue weighted by Crippen LogP contribution is 2.35. The van der Waals surface area contributed by atoms with Crippen molar-refractivity contribution in [2.24, 2.45) is 5.10 Å². The average Bonchev–Trinajstić information content (AvgIpc) is 3.33. The summed E-state index contributed by atoms with van der Waals surface area (Å²) >= 11 is 7.45. The van der Waals surface area contributed by atoms with Crippen molar-refractivity contribution >= 4 is 35.5 Å². The molecule has 8 nitrogen and oxygen atoms in total. The predicted octanol–water partition coefficient (Wildman–Crippen LogP) is 5.75. The number of carbonyl (C=O) groups excluding carboxylic acids is 1. The van der Waals surface area contributed by atoms with Crippen molar-refractivity contribution in [3.63, 3.8) is 0 Å². The highest BCUT2D eigenvalue weighted by Gasteiger charge is 2.24. The molecule has 1 aliphatic carbocycles. The zero-order valence-corrected chi connectivity index (χ0v) is 22.0. The summed E-state index contributed by atoms with van der Waals surface area (Å²) in [6.45, 7) is 2.46. The number of nitrogens with zero attached hydrogens (tertiary/aromatic N) is 4. The van der Waals surface area contributed by atoms with Crippen LogP contribution in [0.5, 0.6) is 11.5 Å². The summed E-state index contributed by atoms with van der Waals surface area (Å²) in [5.41, 5.74) is 4.34. The molecule has 1 N–H and O–H groups in total. The fraction of sp³-hybridized carbons (Fsp3) is 0.385. The molecule has 0 radical (unpaired) electrons. The van der Waals surface area contributed by atoms with E-state index in [0.717, 1.165) is 34.9 Å². The van der Waals surface area contributed by atoms with Gasteiger partial charge in [0.25, 0.3) is 5.91 Å². The number of halogens is 1. The van der Waals surface area contributed by atoms with Gasteiger partial charge in [-0.2, -0.15) is 5.10 Å². The third-order valence-electron chi connectivity index (χ3n) is 5.93. The van der Waals surface area contributed by atoms with E-state index in [-0.39, 0.29) is 11.7 Å². The molecule has 190 valence electrons. The number of carbonyl (C=O) groups is 1. The van der Waals surface area contributed by atoms with Crippen molar-refractivity contribution in [2.75, 3.05) is 19.5 Å². The molecule has 1 aromatic heterocycles. The van der Waals surface area contributed by atoms with E-state index in [9.17, 15) is 4.79 Å². The molecule has 0 atom stereocenters. The quantitative estimate of drug-likeness (QED) is 0.205. The van der Waals surface area contributed by atoms with E-state index in [2.05, 4.69) is 25.3 Å². The van der Waals surface area contributed by atoms with Crippen LogP contribution in [0.2, 0.25) is 5.02 Å². The molecule has 1 aliphatic rings. The molecule has 0 unspecified atom stereocenters. The molecule has 1 saturated carbocycles. The summed E-state index contributed by atoms with van der Waals surface area (Å²) in [6.07, 6.45) is 7.33. The number of rotatable bonds is 10. The summed E-state index contributed by atoms with van der Waals surface area (Å²) in [7, 11) is 1.59. The summed E-state index contributed by atoms with van der Waals surface area (Å²) in [5.74, 6) is 2.04. The highest BCUT2D eigenvalue weighted by atomic mass is 35.5. The zero-order valence-electron chi connectivity index (χ0n) is 20.4. The van der Waals surface area contributed by atoms with Gasteiger partial charge in [-0.25, -0.2) is 5.43 Å². The monoisotopic (exact) mass is 527 g/mol. The number of methoxy groups -OCH3 is 1. The van der Waals surface area contributed by atoms with Gasteiger partial charge in [0.2, 0.25) is 0 Å². The largest absolute Gasteiger partial charge is 0.493 e. The van der Waals surface area contributed by atoms with Gasteiger partial charge in [-0.15, -0.1) is 10.2 Å². The summed E-state index contributed by atoms with van der Waals surface area (Å²) in [5, 5.41) is 14.4. The first kappa shape index (κ1) is 26.0. The maximum Gasteiger partial charge on any atom is 0.250 e. The van der Waals surface area contributed by atoms with E-state index < -0.39 is 0 Å². The lowest BCUT2D eigenvalue weighted by Gasteiger charge is -2.25. The van der Waals surface area contributed by atoms with Gasteiger partial charge in [0, 0.05) is 16.6 Å². The molecule has 4 rings (SSSR count). The molecule has 36 heavy (non-hydrogen) atoms. The number of aromatic nitrogens is 3. The normalized spacial score (nSPS) is 14.2. The second-order valence-corrected chi connectivity index (χ2v) is 9.78. The number of hydrogen-bond donors (Lipinski definition) is 1. The Hall–Kier alpha value is -3.04. The van der Waals surface area contributed by atoms with E-state index >= 15 is 0 Å². The van der Waals surface area contributed by atoms with Gasteiger partial charge >= 0.3 is 0 Å². The van der Waals surface area contributed by atoms with Crippen LogP contribution in [0.4, 0.5) is 0 Å². The van der Waals surface area contributed by atoms with Crippen molar-refractivity contribution in [3.05, 3.63) is 53.1 Å². The second-order valence-electron chi connectivity index (χ2n) is 8.40. The maximum absolute atomic E-state index is 12.5. The van der Waals surface area contributed by atoms with Gasteiger partial charge < -0.3 is 9.47 Å². The Kier molecular flexibility index (Phi) is 9.24. The lowest BCUT2D eigenvalue weighted by atomic mass is 9.95. The standard InChI is InChI=1S/C26H30ClN5O3S/c1-3-35-22-14-9-18(15-23(22)34-2)16-28-29-24(33)17-36-26-31-30-25(19-10-12-20(27)13-11-19)32(26)21-7-5-4-6-8-21/h9-16,21H,3-8,17H2,1-2H3,(H,29,33)/b28-16+. The fourth-order valence-corrected chi connectivity index (χ4v) is 5.14. The first-order chi connectivity index (χ1) is 17.6. The second kappa shape index (κ2) is 12.8. The lowest BCUT2D eigenvalue weighted by Crippen LogP contribution is -2.20. The minimum absolute atomic E-state index is 0.176. The molecule has 0 spiro atoms. The molecule has 0 saturated heterocycles. The van der Waals surface area contributed by atoms with Gasteiger partial charge in [-0.05, 0) is 67.8 Å². The third-order valence-corrected chi connectivity index (χ3v) is 7.12. The number of thioether (sulfide) groups is 1. The molecular weight excluding hydrogens is 498 g/mol. The SMILES string of the molecule is CCOc1ccc(/C=N/NC(=O)CSc2nnc(-c3ccc(Cl)cc3)n2C2CCCCC2)cc1OC. The van der Waals surface area contributed by atoms with Gasteiger partial charge in [-0.1, -0.05) is 42.6 Å². The van der Waals surface area contributed by atoms with Gasteiger partial charge in [0.1, 0.15) is 0 Å². The van der Waals surface area contributed by atoms with Crippen LogP contribution in [0.15, 0.2) is 52.7 Å². The number of amides is 1. The van der Waals surface area contributed by atoms with E-state index in [1.54, 1.807) is 19.4 Å². The average molecular weight is 528 g/mol. The van der Waals surface area contributed by atoms with Crippen molar-refractivity contribution in [1.29, 1.82) is 0 Å². The van der Waals surface area contributed by atoms with E-state index in [1.165, 1.54) is 31.0 Å². The molecule has 1 heterocycles. The summed E-state index contributed by atoms with van der Waals surface area (Å²) in [6, 6.07) is 13.4. The molecule has 0 aliphatic heterocycles. The van der Waals surface area contributed by atoms with Crippen molar-refractivity contribution in [1.82, 2.24) is 20.2 Å². The van der Waals surface area contributed by atoms with Gasteiger partial charge in [0.05, 0.1) is 25.7 Å².